The van der Waals surface area contributed by atoms with Gasteiger partial charge in [0.05, 0.1) is 0 Å². The highest BCUT2D eigenvalue weighted by atomic mass is 35.5. The minimum Gasteiger partial charge on any atom is -0.352 e. The molecule has 4 amide bonds. The Balaban J connectivity index is 1.58. The second kappa shape index (κ2) is 9.15. The molecule has 0 radical (unpaired) electrons. The van der Waals surface area contributed by atoms with Gasteiger partial charge in [-0.25, -0.2) is 0 Å². The van der Waals surface area contributed by atoms with Crippen molar-refractivity contribution in [2.45, 2.75) is 37.3 Å². The Hall–Kier alpha value is -3.14. The van der Waals surface area contributed by atoms with E-state index in [9.17, 15) is 28.0 Å². The number of rotatable bonds is 5. The summed E-state index contributed by atoms with van der Waals surface area (Å²) in [6.07, 6.45) is 0.381. The van der Waals surface area contributed by atoms with Gasteiger partial charge < -0.3 is 10.2 Å². The van der Waals surface area contributed by atoms with Crippen molar-refractivity contribution in [1.82, 2.24) is 15.5 Å². The van der Waals surface area contributed by atoms with Gasteiger partial charge in [-0.3, -0.25) is 24.5 Å². The Morgan fingerprint density at radius 3 is 2.49 bits per heavy atom. The van der Waals surface area contributed by atoms with Crippen LogP contribution in [0.4, 0.5) is 8.78 Å². The maximum absolute atomic E-state index is 14.8. The van der Waals surface area contributed by atoms with Crippen molar-refractivity contribution in [2.24, 2.45) is 0 Å². The first-order chi connectivity index (χ1) is 16.4. The van der Waals surface area contributed by atoms with Crippen LogP contribution in [0.15, 0.2) is 30.3 Å². The van der Waals surface area contributed by atoms with Gasteiger partial charge >= 0.3 is 5.92 Å². The Bertz CT molecular complexity index is 1260. The van der Waals surface area contributed by atoms with Crippen molar-refractivity contribution in [3.63, 3.8) is 0 Å². The molecule has 1 fully saturated rings. The molecular formula is C22H21B3ClF2N3O4. The SMILES string of the molecule is Bc1cc(C(B)NC(=O)C(F)(F)c2ccc(Cl)cc2)c(B)c2c1C(=O)N(C1CCC(=O)NC1=O)C2. The summed E-state index contributed by atoms with van der Waals surface area (Å²) in [5.41, 5.74) is 2.56. The highest BCUT2D eigenvalue weighted by Crippen LogP contribution is 2.31. The summed E-state index contributed by atoms with van der Waals surface area (Å²) in [7, 11) is 5.08. The molecule has 7 nitrogen and oxygen atoms in total. The predicted octanol–water partition coefficient (Wildman–Crippen LogP) is -1.84. The van der Waals surface area contributed by atoms with Gasteiger partial charge in [0.2, 0.25) is 11.8 Å². The van der Waals surface area contributed by atoms with Crippen LogP contribution in [-0.4, -0.2) is 58.1 Å². The highest BCUT2D eigenvalue weighted by molar-refractivity contribution is 6.42. The predicted molar refractivity (Wildman–Crippen MR) is 134 cm³/mol. The van der Waals surface area contributed by atoms with E-state index in [0.29, 0.717) is 27.6 Å². The third kappa shape index (κ3) is 4.47. The van der Waals surface area contributed by atoms with Crippen LogP contribution in [0, 0.1) is 0 Å². The van der Waals surface area contributed by atoms with E-state index < -0.39 is 35.3 Å². The largest absolute Gasteiger partial charge is 0.352 e. The van der Waals surface area contributed by atoms with Crippen molar-refractivity contribution < 1.29 is 28.0 Å². The fraction of sp³-hybridized carbons (Fsp3) is 0.273. The van der Waals surface area contributed by atoms with Crippen molar-refractivity contribution in [2.75, 3.05) is 0 Å². The number of nitrogens with zero attached hydrogens (tertiary/aromatic N) is 1. The molecule has 2 unspecified atom stereocenters. The average molecular weight is 497 g/mol. The molecule has 2 atom stereocenters. The van der Waals surface area contributed by atoms with E-state index in [1.54, 1.807) is 29.6 Å². The van der Waals surface area contributed by atoms with Crippen LogP contribution in [0.1, 0.15) is 45.8 Å². The van der Waals surface area contributed by atoms with Gasteiger partial charge in [0.1, 0.15) is 29.6 Å². The van der Waals surface area contributed by atoms with Gasteiger partial charge in [0.15, 0.2) is 0 Å². The normalized spacial score (nSPS) is 18.8. The van der Waals surface area contributed by atoms with Gasteiger partial charge in [-0.2, -0.15) is 8.78 Å². The van der Waals surface area contributed by atoms with Crippen LogP contribution in [0.25, 0.3) is 0 Å². The smallest absolute Gasteiger partial charge is 0.349 e. The van der Waals surface area contributed by atoms with Crippen LogP contribution in [0.5, 0.6) is 0 Å². The first-order valence-corrected chi connectivity index (χ1v) is 11.5. The van der Waals surface area contributed by atoms with Crippen molar-refractivity contribution in [1.29, 1.82) is 0 Å². The summed E-state index contributed by atoms with van der Waals surface area (Å²) in [6.45, 7) is 0.155. The number of carbonyl (C=O) groups excluding carboxylic acids is 4. The van der Waals surface area contributed by atoms with Crippen molar-refractivity contribution in [3.05, 3.63) is 57.6 Å². The Morgan fingerprint density at radius 1 is 1.20 bits per heavy atom. The standard InChI is InChI=1S/C22H21B3ClF2N3O4/c23-13-7-11(18(25)30-21(35)22(27,28)9-1-3-10(26)4-2-9)17(24)12-8-31(20(34)16(12)13)14-5-6-15(32)29-19(14)33/h1-4,7,14,18H,5-6,8,23-25H2,(H,30,35)(H,29,32,33). The van der Waals surface area contributed by atoms with E-state index in [2.05, 4.69) is 10.6 Å². The minimum absolute atomic E-state index is 0.143. The summed E-state index contributed by atoms with van der Waals surface area (Å²) < 4.78 is 29.5. The number of benzene rings is 2. The Kier molecular flexibility index (Phi) is 6.53. The lowest BCUT2D eigenvalue weighted by molar-refractivity contribution is -0.147. The van der Waals surface area contributed by atoms with E-state index in [4.69, 9.17) is 11.6 Å². The second-order valence-electron chi connectivity index (χ2n) is 8.94. The molecule has 13 heteroatoms. The van der Waals surface area contributed by atoms with Crippen LogP contribution in [0.2, 0.25) is 5.02 Å². The number of hydrogen-bond acceptors (Lipinski definition) is 4. The molecule has 2 aromatic rings. The fourth-order valence-corrected chi connectivity index (χ4v) is 4.86. The van der Waals surface area contributed by atoms with Crippen LogP contribution in [0.3, 0.4) is 0 Å². The number of alkyl halides is 2. The maximum Gasteiger partial charge on any atom is 0.349 e. The summed E-state index contributed by atoms with van der Waals surface area (Å²) >= 11 is 5.76. The molecule has 0 spiro atoms. The lowest BCUT2D eigenvalue weighted by Crippen LogP contribution is -2.52. The number of imide groups is 1. The summed E-state index contributed by atoms with van der Waals surface area (Å²) in [5.74, 6) is -7.19. The summed E-state index contributed by atoms with van der Waals surface area (Å²) in [5, 5.41) is 4.93. The maximum atomic E-state index is 14.8. The highest BCUT2D eigenvalue weighted by Gasteiger charge is 2.43. The molecule has 0 aliphatic carbocycles. The number of amides is 4. The first kappa shape index (κ1) is 25.0. The van der Waals surface area contributed by atoms with E-state index in [0.717, 1.165) is 12.1 Å². The molecule has 35 heavy (non-hydrogen) atoms. The number of halogens is 3. The van der Waals surface area contributed by atoms with Crippen LogP contribution < -0.4 is 21.6 Å². The molecule has 2 aliphatic rings. The van der Waals surface area contributed by atoms with Crippen LogP contribution >= 0.6 is 11.6 Å². The molecule has 0 saturated carbocycles. The summed E-state index contributed by atoms with van der Waals surface area (Å²) in [6, 6.07) is 5.73. The van der Waals surface area contributed by atoms with E-state index >= 15 is 0 Å². The molecule has 2 aliphatic heterocycles. The van der Waals surface area contributed by atoms with E-state index in [-0.39, 0.29) is 36.2 Å². The zero-order valence-corrected chi connectivity index (χ0v) is 20.1. The number of piperidine rings is 1. The Morgan fingerprint density at radius 2 is 1.86 bits per heavy atom. The third-order valence-electron chi connectivity index (χ3n) is 6.65. The van der Waals surface area contributed by atoms with Gasteiger partial charge in [0, 0.05) is 35.1 Å². The zero-order valence-electron chi connectivity index (χ0n) is 19.4. The van der Waals surface area contributed by atoms with E-state index in [1.807, 2.05) is 0 Å². The number of fused-ring (bicyclic) bond motifs is 1. The molecule has 2 heterocycles. The van der Waals surface area contributed by atoms with Crippen molar-refractivity contribution >= 4 is 69.7 Å². The molecule has 1 saturated heterocycles. The Labute approximate surface area is 208 Å². The second-order valence-corrected chi connectivity index (χ2v) is 9.37. The molecule has 2 N–H and O–H groups in total. The molecule has 178 valence electrons. The van der Waals surface area contributed by atoms with Gasteiger partial charge in [0.25, 0.3) is 11.8 Å². The lowest BCUT2D eigenvalue weighted by atomic mass is 9.72. The number of carbonyl (C=O) groups is 4. The van der Waals surface area contributed by atoms with E-state index in [1.165, 1.54) is 17.0 Å². The molecular weight excluding hydrogens is 476 g/mol. The fourth-order valence-electron chi connectivity index (χ4n) is 4.73. The topological polar surface area (TPSA) is 95.6 Å². The molecule has 0 aromatic heterocycles. The number of hydrogen-bond donors (Lipinski definition) is 2. The molecule has 2 aromatic carbocycles. The van der Waals surface area contributed by atoms with Gasteiger partial charge in [-0.15, -0.1) is 0 Å². The quantitative estimate of drug-likeness (QED) is 0.375. The summed E-state index contributed by atoms with van der Waals surface area (Å²) in [4.78, 5) is 50.9. The lowest BCUT2D eigenvalue weighted by Gasteiger charge is -2.29. The van der Waals surface area contributed by atoms with Crippen LogP contribution in [-0.2, 0) is 26.9 Å². The first-order valence-electron chi connectivity index (χ1n) is 11.1. The molecule has 4 rings (SSSR count). The van der Waals surface area contributed by atoms with Gasteiger partial charge in [-0.05, 0) is 29.7 Å². The third-order valence-corrected chi connectivity index (χ3v) is 6.90. The average Bonchev–Trinajstić information content (AvgIpc) is 3.14. The number of nitrogens with one attached hydrogen (secondary N) is 2. The monoisotopic (exact) mass is 497 g/mol. The molecule has 0 bridgehead atoms. The zero-order chi connectivity index (χ0) is 25.7. The van der Waals surface area contributed by atoms with Crippen molar-refractivity contribution in [3.8, 4) is 0 Å². The minimum atomic E-state index is -3.77. The van der Waals surface area contributed by atoms with Gasteiger partial charge in [-0.1, -0.05) is 40.7 Å².